The highest BCUT2D eigenvalue weighted by atomic mass is 16.5. The molecule has 37 heavy (non-hydrogen) atoms. The number of rotatable bonds is 11. The largest absolute Gasteiger partial charge is 0.468 e. The minimum Gasteiger partial charge on any atom is -0.468 e. The van der Waals surface area contributed by atoms with Gasteiger partial charge in [-0.05, 0) is 32.3 Å². The van der Waals surface area contributed by atoms with E-state index in [1.54, 1.807) is 12.1 Å². The van der Waals surface area contributed by atoms with E-state index in [1.807, 2.05) is 18.2 Å². The number of carbonyl (C=O) groups excluding carboxylic acids is 6. The van der Waals surface area contributed by atoms with Crippen LogP contribution < -0.4 is 21.3 Å². The van der Waals surface area contributed by atoms with Gasteiger partial charge in [-0.15, -0.1) is 0 Å². The van der Waals surface area contributed by atoms with E-state index < -0.39 is 53.8 Å². The summed E-state index contributed by atoms with van der Waals surface area (Å²) in [6, 6.07) is 6.34. The first-order valence-corrected chi connectivity index (χ1v) is 11.8. The van der Waals surface area contributed by atoms with Crippen LogP contribution in [0.15, 0.2) is 30.3 Å². The number of likely N-dealkylation sites (tertiary alicyclic amines) is 1. The Morgan fingerprint density at radius 2 is 1.57 bits per heavy atom. The standard InChI is InChI=1S/C24H33N5O8/c1-15(21(32)26-13-20(31)36-3)27-23(34)18-10-7-11-29(18)19(30)12-25-22(33)16(2)28-24(35)37-14-17-8-5-4-6-9-17/h4-6,8-9,15-16,18H,7,10-14H2,1-3H3,(H,25,33)(H,26,32)(H,27,34)(H,28,35)/t15-,16-,18-/m0/s1. The fourth-order valence-corrected chi connectivity index (χ4v) is 3.52. The van der Waals surface area contributed by atoms with Crippen LogP contribution in [-0.2, 0) is 40.1 Å². The van der Waals surface area contributed by atoms with E-state index >= 15 is 0 Å². The summed E-state index contributed by atoms with van der Waals surface area (Å²) in [5.74, 6) is -2.80. The van der Waals surface area contributed by atoms with Gasteiger partial charge in [-0.2, -0.15) is 0 Å². The van der Waals surface area contributed by atoms with Gasteiger partial charge in [0.25, 0.3) is 0 Å². The van der Waals surface area contributed by atoms with Crippen molar-refractivity contribution in [3.8, 4) is 0 Å². The zero-order chi connectivity index (χ0) is 27.4. The SMILES string of the molecule is COC(=O)CNC(=O)[C@H](C)NC(=O)[C@@H]1CCCN1C(=O)CNC(=O)[C@H](C)NC(=O)OCc1ccccc1. The molecule has 1 aromatic carbocycles. The van der Waals surface area contributed by atoms with Gasteiger partial charge in [-0.3, -0.25) is 24.0 Å². The van der Waals surface area contributed by atoms with Crippen LogP contribution in [-0.4, -0.2) is 85.5 Å². The van der Waals surface area contributed by atoms with Crippen LogP contribution in [0.25, 0.3) is 0 Å². The zero-order valence-electron chi connectivity index (χ0n) is 21.1. The van der Waals surface area contributed by atoms with Gasteiger partial charge >= 0.3 is 12.1 Å². The molecular weight excluding hydrogens is 486 g/mol. The Hall–Kier alpha value is -4.16. The molecular formula is C24H33N5O8. The van der Waals surface area contributed by atoms with E-state index in [4.69, 9.17) is 4.74 Å². The van der Waals surface area contributed by atoms with E-state index in [0.717, 1.165) is 5.56 Å². The predicted molar refractivity (Wildman–Crippen MR) is 130 cm³/mol. The summed E-state index contributed by atoms with van der Waals surface area (Å²) in [6.45, 7) is 2.55. The highest BCUT2D eigenvalue weighted by Gasteiger charge is 2.35. The molecule has 1 saturated heterocycles. The Morgan fingerprint density at radius 1 is 0.946 bits per heavy atom. The number of carbonyl (C=O) groups is 6. The second-order valence-electron chi connectivity index (χ2n) is 8.41. The molecule has 0 saturated carbocycles. The summed E-state index contributed by atoms with van der Waals surface area (Å²) < 4.78 is 9.52. The van der Waals surface area contributed by atoms with Crippen molar-refractivity contribution in [2.75, 3.05) is 26.7 Å². The summed E-state index contributed by atoms with van der Waals surface area (Å²) in [5, 5.41) is 9.72. The fourth-order valence-electron chi connectivity index (χ4n) is 3.52. The number of nitrogens with one attached hydrogen (secondary N) is 4. The van der Waals surface area contributed by atoms with Crippen molar-refractivity contribution < 1.29 is 38.2 Å². The maximum absolute atomic E-state index is 12.7. The van der Waals surface area contributed by atoms with E-state index in [0.29, 0.717) is 19.4 Å². The molecule has 1 aromatic rings. The third-order valence-corrected chi connectivity index (χ3v) is 5.62. The number of nitrogens with zero attached hydrogens (tertiary/aromatic N) is 1. The van der Waals surface area contributed by atoms with E-state index in [2.05, 4.69) is 26.0 Å². The number of methoxy groups -OCH3 is 1. The van der Waals surface area contributed by atoms with Crippen molar-refractivity contribution in [3.05, 3.63) is 35.9 Å². The molecule has 0 aliphatic carbocycles. The van der Waals surface area contributed by atoms with Crippen LogP contribution in [0.5, 0.6) is 0 Å². The molecule has 1 aliphatic rings. The predicted octanol–water partition coefficient (Wildman–Crippen LogP) is -0.798. The maximum Gasteiger partial charge on any atom is 0.408 e. The second kappa shape index (κ2) is 14.4. The average molecular weight is 520 g/mol. The molecule has 0 aromatic heterocycles. The Balaban J connectivity index is 1.77. The van der Waals surface area contributed by atoms with Gasteiger partial charge in [0.05, 0.1) is 13.7 Å². The highest BCUT2D eigenvalue weighted by molar-refractivity contribution is 5.94. The quantitative estimate of drug-likeness (QED) is 0.275. The number of ether oxygens (including phenoxy) is 2. The zero-order valence-corrected chi connectivity index (χ0v) is 21.1. The van der Waals surface area contributed by atoms with Crippen LogP contribution in [0.1, 0.15) is 32.3 Å². The van der Waals surface area contributed by atoms with Gasteiger partial charge in [0.1, 0.15) is 31.3 Å². The summed E-state index contributed by atoms with van der Waals surface area (Å²) in [6.07, 6.45) is 0.193. The average Bonchev–Trinajstić information content (AvgIpc) is 3.39. The number of benzene rings is 1. The van der Waals surface area contributed by atoms with Gasteiger partial charge in [0.15, 0.2) is 0 Å². The third kappa shape index (κ3) is 9.43. The summed E-state index contributed by atoms with van der Waals surface area (Å²) in [5.41, 5.74) is 0.792. The lowest BCUT2D eigenvalue weighted by atomic mass is 10.2. The minimum atomic E-state index is -0.960. The minimum absolute atomic E-state index is 0.0451. The molecule has 5 amide bonds. The summed E-state index contributed by atoms with van der Waals surface area (Å²) in [7, 11) is 1.19. The van der Waals surface area contributed by atoms with Crippen molar-refractivity contribution in [1.82, 2.24) is 26.2 Å². The Bertz CT molecular complexity index is 987. The normalized spacial score (nSPS) is 16.1. The molecule has 13 heteroatoms. The topological polar surface area (TPSA) is 172 Å². The first kappa shape index (κ1) is 29.1. The van der Waals surface area contributed by atoms with Crippen molar-refractivity contribution in [3.63, 3.8) is 0 Å². The van der Waals surface area contributed by atoms with Crippen LogP contribution in [0, 0.1) is 0 Å². The molecule has 0 bridgehead atoms. The molecule has 13 nitrogen and oxygen atoms in total. The number of esters is 1. The maximum atomic E-state index is 12.7. The molecule has 0 spiro atoms. The number of hydrogen-bond acceptors (Lipinski definition) is 8. The molecule has 0 unspecified atom stereocenters. The molecule has 202 valence electrons. The Kier molecular flexibility index (Phi) is 11.3. The van der Waals surface area contributed by atoms with Crippen LogP contribution in [0.2, 0.25) is 0 Å². The van der Waals surface area contributed by atoms with Gasteiger partial charge in [-0.1, -0.05) is 30.3 Å². The first-order valence-electron chi connectivity index (χ1n) is 11.8. The van der Waals surface area contributed by atoms with Crippen molar-refractivity contribution in [2.45, 2.75) is 51.4 Å². The lowest BCUT2D eigenvalue weighted by Gasteiger charge is -2.25. The Morgan fingerprint density at radius 3 is 2.22 bits per heavy atom. The molecule has 3 atom stereocenters. The van der Waals surface area contributed by atoms with Gasteiger partial charge in [0, 0.05) is 6.54 Å². The number of hydrogen-bond donors (Lipinski definition) is 4. The van der Waals surface area contributed by atoms with Crippen molar-refractivity contribution >= 4 is 35.7 Å². The van der Waals surface area contributed by atoms with E-state index in [9.17, 15) is 28.8 Å². The third-order valence-electron chi connectivity index (χ3n) is 5.62. The molecule has 1 fully saturated rings. The van der Waals surface area contributed by atoms with Gasteiger partial charge in [-0.25, -0.2) is 4.79 Å². The monoisotopic (exact) mass is 519 g/mol. The first-order chi connectivity index (χ1) is 17.6. The van der Waals surface area contributed by atoms with E-state index in [-0.39, 0.29) is 19.7 Å². The second-order valence-corrected chi connectivity index (χ2v) is 8.41. The lowest BCUT2D eigenvalue weighted by molar-refractivity contribution is -0.142. The van der Waals surface area contributed by atoms with Crippen LogP contribution in [0.3, 0.4) is 0 Å². The van der Waals surface area contributed by atoms with Crippen LogP contribution >= 0.6 is 0 Å². The molecule has 2 rings (SSSR count). The lowest BCUT2D eigenvalue weighted by Crippen LogP contribution is -2.54. The van der Waals surface area contributed by atoms with Crippen LogP contribution in [0.4, 0.5) is 4.79 Å². The summed E-state index contributed by atoms with van der Waals surface area (Å²) in [4.78, 5) is 74.2. The van der Waals surface area contributed by atoms with E-state index in [1.165, 1.54) is 25.9 Å². The molecule has 1 aliphatic heterocycles. The fraction of sp³-hybridized carbons (Fsp3) is 0.500. The number of alkyl carbamates (subject to hydrolysis) is 1. The van der Waals surface area contributed by atoms with Crippen molar-refractivity contribution in [2.24, 2.45) is 0 Å². The highest BCUT2D eigenvalue weighted by Crippen LogP contribution is 2.17. The smallest absolute Gasteiger partial charge is 0.408 e. The summed E-state index contributed by atoms with van der Waals surface area (Å²) >= 11 is 0. The van der Waals surface area contributed by atoms with Gasteiger partial charge in [0.2, 0.25) is 23.6 Å². The molecule has 4 N–H and O–H groups in total. The number of amides is 5. The van der Waals surface area contributed by atoms with Crippen molar-refractivity contribution in [1.29, 1.82) is 0 Å². The van der Waals surface area contributed by atoms with Gasteiger partial charge < -0.3 is 35.6 Å². The molecule has 0 radical (unpaired) electrons. The molecule has 1 heterocycles. The Labute approximate surface area is 214 Å².